The standard InChI is InChI=1S/C18H30O2S/c1-3-5-6-7-8-9-10-11-13-16(4-2)20-18(19)17-14-12-15-21-17/h12,14-16H,3-11,13H2,1-2H3. The Morgan fingerprint density at radius 2 is 1.76 bits per heavy atom. The van der Waals surface area contributed by atoms with Gasteiger partial charge in [-0.05, 0) is 30.7 Å². The van der Waals surface area contributed by atoms with Crippen LogP contribution >= 0.6 is 11.3 Å². The molecule has 120 valence electrons. The monoisotopic (exact) mass is 310 g/mol. The molecule has 0 saturated heterocycles. The van der Waals surface area contributed by atoms with Crippen molar-refractivity contribution >= 4 is 17.3 Å². The summed E-state index contributed by atoms with van der Waals surface area (Å²) < 4.78 is 5.58. The zero-order valence-corrected chi connectivity index (χ0v) is 14.4. The third-order valence-corrected chi connectivity index (χ3v) is 4.68. The van der Waals surface area contributed by atoms with E-state index in [9.17, 15) is 4.79 Å². The maximum Gasteiger partial charge on any atom is 0.348 e. The number of ether oxygens (including phenoxy) is 1. The maximum absolute atomic E-state index is 11.9. The van der Waals surface area contributed by atoms with E-state index in [4.69, 9.17) is 4.74 Å². The molecule has 1 atom stereocenters. The Kier molecular flexibility index (Phi) is 10.2. The van der Waals surface area contributed by atoms with Gasteiger partial charge in [-0.15, -0.1) is 11.3 Å². The fourth-order valence-electron chi connectivity index (χ4n) is 2.46. The minimum Gasteiger partial charge on any atom is -0.458 e. The van der Waals surface area contributed by atoms with Gasteiger partial charge in [0.15, 0.2) is 0 Å². The third-order valence-electron chi connectivity index (χ3n) is 3.83. The average Bonchev–Trinajstić information content (AvgIpc) is 3.03. The molecule has 0 radical (unpaired) electrons. The molecule has 3 heteroatoms. The molecule has 0 aliphatic carbocycles. The number of carbonyl (C=O) groups excluding carboxylic acids is 1. The number of thiophene rings is 1. The lowest BCUT2D eigenvalue weighted by Crippen LogP contribution is -2.16. The summed E-state index contributed by atoms with van der Waals surface area (Å²) in [4.78, 5) is 12.6. The highest BCUT2D eigenvalue weighted by Gasteiger charge is 2.14. The first-order chi connectivity index (χ1) is 10.3. The molecule has 21 heavy (non-hydrogen) atoms. The van der Waals surface area contributed by atoms with E-state index in [1.54, 1.807) is 0 Å². The van der Waals surface area contributed by atoms with E-state index >= 15 is 0 Å². The van der Waals surface area contributed by atoms with Gasteiger partial charge < -0.3 is 4.74 Å². The molecule has 0 fully saturated rings. The number of hydrogen-bond donors (Lipinski definition) is 0. The van der Waals surface area contributed by atoms with Crippen molar-refractivity contribution in [3.8, 4) is 0 Å². The number of hydrogen-bond acceptors (Lipinski definition) is 3. The lowest BCUT2D eigenvalue weighted by molar-refractivity contribution is 0.0273. The van der Waals surface area contributed by atoms with Gasteiger partial charge in [-0.3, -0.25) is 0 Å². The molecule has 1 aromatic heterocycles. The van der Waals surface area contributed by atoms with E-state index in [1.165, 1.54) is 62.7 Å². The van der Waals surface area contributed by atoms with Crippen LogP contribution in [-0.4, -0.2) is 12.1 Å². The fourth-order valence-corrected chi connectivity index (χ4v) is 3.06. The van der Waals surface area contributed by atoms with E-state index < -0.39 is 0 Å². The zero-order valence-electron chi connectivity index (χ0n) is 13.6. The van der Waals surface area contributed by atoms with Crippen LogP contribution in [0.4, 0.5) is 0 Å². The summed E-state index contributed by atoms with van der Waals surface area (Å²) in [7, 11) is 0. The second-order valence-corrected chi connectivity index (χ2v) is 6.62. The molecule has 0 N–H and O–H groups in total. The Bertz CT molecular complexity index is 359. The predicted molar refractivity (Wildman–Crippen MR) is 91.0 cm³/mol. The van der Waals surface area contributed by atoms with E-state index in [1.807, 2.05) is 17.5 Å². The normalized spacial score (nSPS) is 12.3. The van der Waals surface area contributed by atoms with Gasteiger partial charge in [0.1, 0.15) is 11.0 Å². The summed E-state index contributed by atoms with van der Waals surface area (Å²) in [5, 5.41) is 1.91. The summed E-state index contributed by atoms with van der Waals surface area (Å²) in [5.74, 6) is -0.156. The molecule has 0 aliphatic rings. The zero-order chi connectivity index (χ0) is 15.3. The molecule has 1 unspecified atom stereocenters. The molecule has 0 spiro atoms. The van der Waals surface area contributed by atoms with Gasteiger partial charge in [-0.25, -0.2) is 4.79 Å². The molecule has 0 aliphatic heterocycles. The van der Waals surface area contributed by atoms with Gasteiger partial charge in [0.05, 0.1) is 0 Å². The van der Waals surface area contributed by atoms with Crippen LogP contribution in [-0.2, 0) is 4.74 Å². The van der Waals surface area contributed by atoms with Crippen molar-refractivity contribution in [3.05, 3.63) is 22.4 Å². The molecule has 0 aromatic carbocycles. The van der Waals surface area contributed by atoms with Gasteiger partial charge in [-0.1, -0.05) is 64.9 Å². The summed E-state index contributed by atoms with van der Waals surface area (Å²) >= 11 is 1.45. The first-order valence-electron chi connectivity index (χ1n) is 8.52. The first-order valence-corrected chi connectivity index (χ1v) is 9.40. The van der Waals surface area contributed by atoms with Crippen LogP contribution in [0.25, 0.3) is 0 Å². The minimum absolute atomic E-state index is 0.0830. The SMILES string of the molecule is CCCCCCCCCCC(CC)OC(=O)c1cccs1. The highest BCUT2D eigenvalue weighted by Crippen LogP contribution is 2.17. The van der Waals surface area contributed by atoms with Crippen LogP contribution < -0.4 is 0 Å². The van der Waals surface area contributed by atoms with Crippen LogP contribution in [0.15, 0.2) is 17.5 Å². The van der Waals surface area contributed by atoms with Crippen LogP contribution in [0.3, 0.4) is 0 Å². The van der Waals surface area contributed by atoms with Gasteiger partial charge in [0, 0.05) is 0 Å². The quantitative estimate of drug-likeness (QED) is 0.338. The number of rotatable bonds is 12. The second kappa shape index (κ2) is 11.8. The summed E-state index contributed by atoms with van der Waals surface area (Å²) in [6.45, 7) is 4.35. The molecule has 1 heterocycles. The van der Waals surface area contributed by atoms with Crippen LogP contribution in [0, 0.1) is 0 Å². The second-order valence-electron chi connectivity index (χ2n) is 5.68. The highest BCUT2D eigenvalue weighted by atomic mass is 32.1. The summed E-state index contributed by atoms with van der Waals surface area (Å²) in [5.41, 5.74) is 0. The van der Waals surface area contributed by atoms with E-state index in [0.717, 1.165) is 12.8 Å². The number of unbranched alkanes of at least 4 members (excludes halogenated alkanes) is 7. The van der Waals surface area contributed by atoms with Gasteiger partial charge in [0.2, 0.25) is 0 Å². The molecule has 0 amide bonds. The Labute approximate surface area is 133 Å². The molecule has 1 aromatic rings. The van der Waals surface area contributed by atoms with Gasteiger partial charge in [0.25, 0.3) is 0 Å². The van der Waals surface area contributed by atoms with Crippen molar-refractivity contribution in [2.24, 2.45) is 0 Å². The average molecular weight is 311 g/mol. The van der Waals surface area contributed by atoms with Crippen molar-refractivity contribution < 1.29 is 9.53 Å². The first kappa shape index (κ1) is 18.2. The Hall–Kier alpha value is -0.830. The van der Waals surface area contributed by atoms with Crippen molar-refractivity contribution in [2.45, 2.75) is 84.2 Å². The highest BCUT2D eigenvalue weighted by molar-refractivity contribution is 7.11. The number of esters is 1. The number of carbonyl (C=O) groups is 1. The molecular weight excluding hydrogens is 280 g/mol. The summed E-state index contributed by atoms with van der Waals surface area (Å²) in [6.07, 6.45) is 12.5. The Morgan fingerprint density at radius 3 is 2.33 bits per heavy atom. The largest absolute Gasteiger partial charge is 0.458 e. The smallest absolute Gasteiger partial charge is 0.348 e. The Balaban J connectivity index is 2.07. The predicted octanol–water partition coefficient (Wildman–Crippen LogP) is 6.21. The van der Waals surface area contributed by atoms with Crippen molar-refractivity contribution in [2.75, 3.05) is 0 Å². The molecule has 0 saturated carbocycles. The van der Waals surface area contributed by atoms with Crippen molar-refractivity contribution in [1.29, 1.82) is 0 Å². The van der Waals surface area contributed by atoms with Crippen LogP contribution in [0.5, 0.6) is 0 Å². The van der Waals surface area contributed by atoms with Crippen LogP contribution in [0.1, 0.15) is 87.7 Å². The third kappa shape index (κ3) is 8.25. The maximum atomic E-state index is 11.9. The summed E-state index contributed by atoms with van der Waals surface area (Å²) in [6, 6.07) is 3.72. The molecule has 0 bridgehead atoms. The van der Waals surface area contributed by atoms with E-state index in [0.29, 0.717) is 4.88 Å². The van der Waals surface area contributed by atoms with Crippen molar-refractivity contribution in [3.63, 3.8) is 0 Å². The molecular formula is C18H30O2S. The fraction of sp³-hybridized carbons (Fsp3) is 0.722. The van der Waals surface area contributed by atoms with Gasteiger partial charge >= 0.3 is 5.97 Å². The van der Waals surface area contributed by atoms with Crippen LogP contribution in [0.2, 0.25) is 0 Å². The molecule has 1 rings (SSSR count). The van der Waals surface area contributed by atoms with E-state index in [2.05, 4.69) is 13.8 Å². The lowest BCUT2D eigenvalue weighted by Gasteiger charge is -2.15. The Morgan fingerprint density at radius 1 is 1.10 bits per heavy atom. The lowest BCUT2D eigenvalue weighted by atomic mass is 10.0. The molecule has 2 nitrogen and oxygen atoms in total. The van der Waals surface area contributed by atoms with Crippen molar-refractivity contribution in [1.82, 2.24) is 0 Å². The van der Waals surface area contributed by atoms with Gasteiger partial charge in [-0.2, -0.15) is 0 Å². The topological polar surface area (TPSA) is 26.3 Å². The minimum atomic E-state index is -0.156. The van der Waals surface area contributed by atoms with E-state index in [-0.39, 0.29) is 12.1 Å².